The molecule has 3 nitrogen and oxygen atoms in total. The first kappa shape index (κ1) is 15.6. The predicted molar refractivity (Wildman–Crippen MR) is 85.5 cm³/mol. The van der Waals surface area contributed by atoms with Crippen LogP contribution in [0.25, 0.3) is 0 Å². The molecule has 0 aromatic heterocycles. The van der Waals surface area contributed by atoms with E-state index in [2.05, 4.69) is 40.3 Å². The minimum absolute atomic E-state index is 0.651. The SMILES string of the molecule is CCCNCc1cc(Br)c(OCC2CC2)c(OCC)c1. The van der Waals surface area contributed by atoms with Crippen molar-refractivity contribution in [2.45, 2.75) is 39.7 Å². The molecular weight excluding hydrogens is 318 g/mol. The lowest BCUT2D eigenvalue weighted by atomic mass is 10.2. The molecule has 1 N–H and O–H groups in total. The zero-order valence-electron chi connectivity index (χ0n) is 12.4. The number of halogens is 1. The van der Waals surface area contributed by atoms with E-state index < -0.39 is 0 Å². The summed E-state index contributed by atoms with van der Waals surface area (Å²) in [7, 11) is 0. The van der Waals surface area contributed by atoms with Crippen molar-refractivity contribution >= 4 is 15.9 Å². The van der Waals surface area contributed by atoms with Crippen molar-refractivity contribution in [1.29, 1.82) is 0 Å². The third-order valence-corrected chi connectivity index (χ3v) is 3.87. The molecule has 1 saturated carbocycles. The van der Waals surface area contributed by atoms with E-state index in [4.69, 9.17) is 9.47 Å². The molecule has 0 amide bonds. The molecule has 20 heavy (non-hydrogen) atoms. The second kappa shape index (κ2) is 7.89. The van der Waals surface area contributed by atoms with Gasteiger partial charge in [0.15, 0.2) is 11.5 Å². The summed E-state index contributed by atoms with van der Waals surface area (Å²) in [5.74, 6) is 2.43. The van der Waals surface area contributed by atoms with Gasteiger partial charge in [-0.05, 0) is 72.3 Å². The van der Waals surface area contributed by atoms with Gasteiger partial charge in [-0.1, -0.05) is 6.92 Å². The van der Waals surface area contributed by atoms with Crippen LogP contribution in [0, 0.1) is 5.92 Å². The lowest BCUT2D eigenvalue weighted by molar-refractivity contribution is 0.265. The fourth-order valence-electron chi connectivity index (χ4n) is 2.02. The summed E-state index contributed by atoms with van der Waals surface area (Å²) in [4.78, 5) is 0. The van der Waals surface area contributed by atoms with Crippen LogP contribution < -0.4 is 14.8 Å². The van der Waals surface area contributed by atoms with Gasteiger partial charge in [0, 0.05) is 6.54 Å². The van der Waals surface area contributed by atoms with Crippen LogP contribution in [0.5, 0.6) is 11.5 Å². The number of hydrogen-bond donors (Lipinski definition) is 1. The molecular formula is C16H24BrNO2. The Morgan fingerprint density at radius 2 is 2.05 bits per heavy atom. The molecule has 0 bridgehead atoms. The van der Waals surface area contributed by atoms with Gasteiger partial charge in [0.25, 0.3) is 0 Å². The third-order valence-electron chi connectivity index (χ3n) is 3.29. The van der Waals surface area contributed by atoms with Crippen molar-refractivity contribution in [1.82, 2.24) is 5.32 Å². The number of hydrogen-bond acceptors (Lipinski definition) is 3. The van der Waals surface area contributed by atoms with Gasteiger partial charge in [-0.3, -0.25) is 0 Å². The molecule has 0 aliphatic heterocycles. The summed E-state index contributed by atoms with van der Waals surface area (Å²) in [6.45, 7) is 7.51. The van der Waals surface area contributed by atoms with E-state index >= 15 is 0 Å². The van der Waals surface area contributed by atoms with Gasteiger partial charge in [0.05, 0.1) is 17.7 Å². The average Bonchev–Trinajstić information content (AvgIpc) is 3.22. The molecule has 0 heterocycles. The molecule has 0 unspecified atom stereocenters. The van der Waals surface area contributed by atoms with E-state index in [1.165, 1.54) is 18.4 Å². The molecule has 1 aromatic rings. The molecule has 1 fully saturated rings. The van der Waals surface area contributed by atoms with Gasteiger partial charge in [-0.25, -0.2) is 0 Å². The lowest BCUT2D eigenvalue weighted by Gasteiger charge is -2.15. The zero-order valence-corrected chi connectivity index (χ0v) is 14.0. The number of nitrogens with one attached hydrogen (secondary N) is 1. The highest BCUT2D eigenvalue weighted by atomic mass is 79.9. The molecule has 1 aliphatic carbocycles. The second-order valence-corrected chi connectivity index (χ2v) is 6.12. The minimum Gasteiger partial charge on any atom is -0.490 e. The number of rotatable bonds is 9. The Labute approximate surface area is 130 Å². The molecule has 0 radical (unpaired) electrons. The zero-order chi connectivity index (χ0) is 14.4. The van der Waals surface area contributed by atoms with Crippen LogP contribution in [0.4, 0.5) is 0 Å². The molecule has 1 aromatic carbocycles. The Kier molecular flexibility index (Phi) is 6.17. The average molecular weight is 342 g/mol. The van der Waals surface area contributed by atoms with Gasteiger partial charge < -0.3 is 14.8 Å². The lowest BCUT2D eigenvalue weighted by Crippen LogP contribution is -2.14. The number of ether oxygens (including phenoxy) is 2. The Bertz CT molecular complexity index is 433. The van der Waals surface area contributed by atoms with E-state index in [1.54, 1.807) is 0 Å². The largest absolute Gasteiger partial charge is 0.490 e. The molecule has 1 aliphatic rings. The maximum atomic E-state index is 5.93. The Hall–Kier alpha value is -0.740. The van der Waals surface area contributed by atoms with Crippen molar-refractivity contribution in [2.24, 2.45) is 5.92 Å². The predicted octanol–water partition coefficient (Wildman–Crippen LogP) is 4.14. The molecule has 112 valence electrons. The van der Waals surface area contributed by atoms with Crippen LogP contribution in [-0.2, 0) is 6.54 Å². The fourth-order valence-corrected chi connectivity index (χ4v) is 2.63. The van der Waals surface area contributed by atoms with Crippen molar-refractivity contribution in [3.8, 4) is 11.5 Å². The normalized spacial score (nSPS) is 14.3. The third kappa shape index (κ3) is 4.67. The van der Waals surface area contributed by atoms with E-state index in [9.17, 15) is 0 Å². The summed E-state index contributed by atoms with van der Waals surface area (Å²) >= 11 is 3.61. The highest BCUT2D eigenvalue weighted by Gasteiger charge is 2.23. The molecule has 0 spiro atoms. The first-order chi connectivity index (χ1) is 9.74. The van der Waals surface area contributed by atoms with Gasteiger partial charge >= 0.3 is 0 Å². The number of benzene rings is 1. The van der Waals surface area contributed by atoms with Crippen molar-refractivity contribution < 1.29 is 9.47 Å². The van der Waals surface area contributed by atoms with Gasteiger partial charge in [0.1, 0.15) is 0 Å². The van der Waals surface area contributed by atoms with Crippen molar-refractivity contribution in [3.05, 3.63) is 22.2 Å². The smallest absolute Gasteiger partial charge is 0.175 e. The molecule has 0 atom stereocenters. The monoisotopic (exact) mass is 341 g/mol. The van der Waals surface area contributed by atoms with E-state index in [0.717, 1.165) is 48.0 Å². The maximum absolute atomic E-state index is 5.93. The van der Waals surface area contributed by atoms with E-state index in [-0.39, 0.29) is 0 Å². The Balaban J connectivity index is 2.07. The van der Waals surface area contributed by atoms with Crippen LogP contribution in [0.15, 0.2) is 16.6 Å². The standard InChI is InChI=1S/C16H24BrNO2/c1-3-7-18-10-13-8-14(17)16(15(9-13)19-4-2)20-11-12-5-6-12/h8-9,12,18H,3-7,10-11H2,1-2H3. The van der Waals surface area contributed by atoms with E-state index in [1.807, 2.05) is 6.92 Å². The highest BCUT2D eigenvalue weighted by molar-refractivity contribution is 9.10. The van der Waals surface area contributed by atoms with Gasteiger partial charge in [-0.2, -0.15) is 0 Å². The molecule has 4 heteroatoms. The minimum atomic E-state index is 0.651. The Morgan fingerprint density at radius 3 is 2.70 bits per heavy atom. The van der Waals surface area contributed by atoms with Crippen LogP contribution in [0.1, 0.15) is 38.7 Å². The summed E-state index contributed by atoms with van der Waals surface area (Å²) in [5, 5.41) is 3.41. The highest BCUT2D eigenvalue weighted by Crippen LogP contribution is 2.39. The summed E-state index contributed by atoms with van der Waals surface area (Å²) in [6, 6.07) is 4.20. The van der Waals surface area contributed by atoms with Crippen molar-refractivity contribution in [2.75, 3.05) is 19.8 Å². The second-order valence-electron chi connectivity index (χ2n) is 5.27. The van der Waals surface area contributed by atoms with Gasteiger partial charge in [0.2, 0.25) is 0 Å². The van der Waals surface area contributed by atoms with Crippen LogP contribution in [0.2, 0.25) is 0 Å². The van der Waals surface area contributed by atoms with E-state index in [0.29, 0.717) is 6.61 Å². The van der Waals surface area contributed by atoms with Crippen LogP contribution in [0.3, 0.4) is 0 Å². The first-order valence-electron chi connectivity index (χ1n) is 7.53. The van der Waals surface area contributed by atoms with Crippen LogP contribution in [-0.4, -0.2) is 19.8 Å². The summed E-state index contributed by atoms with van der Waals surface area (Å²) in [6.07, 6.45) is 3.73. The Morgan fingerprint density at radius 1 is 1.25 bits per heavy atom. The topological polar surface area (TPSA) is 30.5 Å². The summed E-state index contributed by atoms with van der Waals surface area (Å²) < 4.78 is 12.7. The fraction of sp³-hybridized carbons (Fsp3) is 0.625. The first-order valence-corrected chi connectivity index (χ1v) is 8.32. The molecule has 0 saturated heterocycles. The molecule has 2 rings (SSSR count). The maximum Gasteiger partial charge on any atom is 0.175 e. The summed E-state index contributed by atoms with van der Waals surface area (Å²) in [5.41, 5.74) is 1.22. The van der Waals surface area contributed by atoms with Crippen molar-refractivity contribution in [3.63, 3.8) is 0 Å². The van der Waals surface area contributed by atoms with Crippen LogP contribution >= 0.6 is 15.9 Å². The quantitative estimate of drug-likeness (QED) is 0.685. The van der Waals surface area contributed by atoms with Gasteiger partial charge in [-0.15, -0.1) is 0 Å².